The minimum absolute atomic E-state index is 0.123. The predicted molar refractivity (Wildman–Crippen MR) is 70.5 cm³/mol. The van der Waals surface area contributed by atoms with Crippen LogP contribution in [0.25, 0.3) is 0 Å². The molecule has 1 rings (SSSR count). The number of ether oxygens (including phenoxy) is 2. The van der Waals surface area contributed by atoms with Gasteiger partial charge in [-0.3, -0.25) is 0 Å². The first-order chi connectivity index (χ1) is 8.54. The number of halogens is 1. The highest BCUT2D eigenvalue weighted by Crippen LogP contribution is 2.21. The van der Waals surface area contributed by atoms with E-state index in [1.54, 1.807) is 6.07 Å². The monoisotopic (exact) mass is 255 g/mol. The highest BCUT2D eigenvalue weighted by Gasteiger charge is 2.08. The van der Waals surface area contributed by atoms with Crippen molar-refractivity contribution in [3.63, 3.8) is 0 Å². The summed E-state index contributed by atoms with van der Waals surface area (Å²) in [4.78, 5) is 0. The summed E-state index contributed by atoms with van der Waals surface area (Å²) in [5.74, 6) is -0.0615. The molecule has 1 atom stereocenters. The lowest BCUT2D eigenvalue weighted by Crippen LogP contribution is -2.13. The van der Waals surface area contributed by atoms with Gasteiger partial charge in [-0.15, -0.1) is 0 Å². The van der Waals surface area contributed by atoms with Crippen LogP contribution >= 0.6 is 0 Å². The van der Waals surface area contributed by atoms with Crippen molar-refractivity contribution in [2.45, 2.75) is 32.9 Å². The number of hydrogen-bond acceptors (Lipinski definition) is 3. The zero-order chi connectivity index (χ0) is 13.5. The van der Waals surface area contributed by atoms with E-state index in [0.29, 0.717) is 13.2 Å². The van der Waals surface area contributed by atoms with Crippen LogP contribution in [0.5, 0.6) is 5.75 Å². The zero-order valence-electron chi connectivity index (χ0n) is 11.5. The average molecular weight is 255 g/mol. The molecular formula is C14H22FNO2. The van der Waals surface area contributed by atoms with Crippen molar-refractivity contribution in [3.05, 3.63) is 29.6 Å². The molecule has 0 aromatic heterocycles. The summed E-state index contributed by atoms with van der Waals surface area (Å²) in [6.45, 7) is 6.70. The predicted octanol–water partition coefficient (Wildman–Crippen LogP) is 2.91. The van der Waals surface area contributed by atoms with Gasteiger partial charge in [0.1, 0.15) is 6.61 Å². The number of hydrogen-bond donors (Lipinski definition) is 1. The summed E-state index contributed by atoms with van der Waals surface area (Å²) in [6.07, 6.45) is 0.164. The lowest BCUT2D eigenvalue weighted by molar-refractivity contribution is 0.0544. The Morgan fingerprint density at radius 2 is 1.94 bits per heavy atom. The quantitative estimate of drug-likeness (QED) is 0.760. The van der Waals surface area contributed by atoms with Gasteiger partial charge in [-0.25, -0.2) is 4.39 Å². The molecule has 3 nitrogen and oxygen atoms in total. The molecule has 0 spiro atoms. The number of rotatable bonds is 7. The lowest BCUT2D eigenvalue weighted by atomic mass is 10.1. The van der Waals surface area contributed by atoms with E-state index in [0.717, 1.165) is 5.56 Å². The minimum Gasteiger partial charge on any atom is -0.488 e. The van der Waals surface area contributed by atoms with Gasteiger partial charge in [0.05, 0.1) is 12.7 Å². The van der Waals surface area contributed by atoms with Gasteiger partial charge in [0, 0.05) is 6.04 Å². The Morgan fingerprint density at radius 1 is 1.22 bits per heavy atom. The van der Waals surface area contributed by atoms with Crippen molar-refractivity contribution >= 4 is 0 Å². The fourth-order valence-electron chi connectivity index (χ4n) is 1.51. The molecule has 0 bridgehead atoms. The molecule has 0 saturated heterocycles. The summed E-state index contributed by atoms with van der Waals surface area (Å²) in [5.41, 5.74) is 0.904. The molecule has 0 aliphatic rings. The number of benzene rings is 1. The maximum Gasteiger partial charge on any atom is 0.165 e. The van der Waals surface area contributed by atoms with E-state index in [1.807, 2.05) is 33.9 Å². The summed E-state index contributed by atoms with van der Waals surface area (Å²) < 4.78 is 24.4. The topological polar surface area (TPSA) is 30.5 Å². The van der Waals surface area contributed by atoms with E-state index < -0.39 is 0 Å². The zero-order valence-corrected chi connectivity index (χ0v) is 11.5. The largest absolute Gasteiger partial charge is 0.488 e. The molecule has 1 N–H and O–H groups in total. The maximum atomic E-state index is 13.7. The second kappa shape index (κ2) is 7.34. The van der Waals surface area contributed by atoms with Crippen molar-refractivity contribution in [3.8, 4) is 5.75 Å². The van der Waals surface area contributed by atoms with Crippen LogP contribution in [0.3, 0.4) is 0 Å². The van der Waals surface area contributed by atoms with E-state index in [2.05, 4.69) is 5.32 Å². The highest BCUT2D eigenvalue weighted by atomic mass is 19.1. The molecule has 1 unspecified atom stereocenters. The Balaban J connectivity index is 2.52. The van der Waals surface area contributed by atoms with Gasteiger partial charge in [0.25, 0.3) is 0 Å². The molecule has 0 radical (unpaired) electrons. The van der Waals surface area contributed by atoms with Gasteiger partial charge in [0.2, 0.25) is 0 Å². The SMILES string of the molecule is CNC(C)c1ccc(OCCOC(C)C)c(F)c1. The molecular weight excluding hydrogens is 233 g/mol. The van der Waals surface area contributed by atoms with Crippen LogP contribution in [-0.2, 0) is 4.74 Å². The van der Waals surface area contributed by atoms with Crippen molar-refractivity contribution in [1.29, 1.82) is 0 Å². The van der Waals surface area contributed by atoms with Crippen LogP contribution in [0.15, 0.2) is 18.2 Å². The summed E-state index contributed by atoms with van der Waals surface area (Å²) >= 11 is 0. The molecule has 102 valence electrons. The van der Waals surface area contributed by atoms with Crippen molar-refractivity contribution in [2.24, 2.45) is 0 Å². The van der Waals surface area contributed by atoms with E-state index >= 15 is 0 Å². The van der Waals surface area contributed by atoms with Crippen LogP contribution in [0.4, 0.5) is 4.39 Å². The second-order valence-corrected chi connectivity index (χ2v) is 4.47. The molecule has 0 heterocycles. The van der Waals surface area contributed by atoms with Gasteiger partial charge in [-0.05, 0) is 45.5 Å². The highest BCUT2D eigenvalue weighted by molar-refractivity contribution is 5.30. The van der Waals surface area contributed by atoms with E-state index in [1.165, 1.54) is 6.07 Å². The van der Waals surface area contributed by atoms with Gasteiger partial charge >= 0.3 is 0 Å². The fraction of sp³-hybridized carbons (Fsp3) is 0.571. The smallest absolute Gasteiger partial charge is 0.165 e. The number of nitrogens with one attached hydrogen (secondary N) is 1. The normalized spacial score (nSPS) is 12.8. The fourth-order valence-corrected chi connectivity index (χ4v) is 1.51. The Labute approximate surface area is 108 Å². The molecule has 0 amide bonds. The first-order valence-electron chi connectivity index (χ1n) is 6.25. The third-order valence-electron chi connectivity index (χ3n) is 2.68. The van der Waals surface area contributed by atoms with Crippen LogP contribution in [0.2, 0.25) is 0 Å². The van der Waals surface area contributed by atoms with Crippen LogP contribution in [0, 0.1) is 5.82 Å². The lowest BCUT2D eigenvalue weighted by Gasteiger charge is -2.13. The molecule has 0 aliphatic carbocycles. The average Bonchev–Trinajstić information content (AvgIpc) is 2.34. The summed E-state index contributed by atoms with van der Waals surface area (Å²) in [5, 5.41) is 3.07. The molecule has 1 aromatic carbocycles. The molecule has 18 heavy (non-hydrogen) atoms. The van der Waals surface area contributed by atoms with E-state index in [-0.39, 0.29) is 23.7 Å². The Bertz CT molecular complexity index is 369. The standard InChI is InChI=1S/C14H22FNO2/c1-10(2)17-7-8-18-14-6-5-12(9-13(14)15)11(3)16-4/h5-6,9-11,16H,7-8H2,1-4H3. The van der Waals surface area contributed by atoms with Crippen molar-refractivity contribution < 1.29 is 13.9 Å². The summed E-state index contributed by atoms with van der Waals surface area (Å²) in [7, 11) is 1.84. The summed E-state index contributed by atoms with van der Waals surface area (Å²) in [6, 6.07) is 5.15. The van der Waals surface area contributed by atoms with Crippen LogP contribution in [-0.4, -0.2) is 26.4 Å². The van der Waals surface area contributed by atoms with Gasteiger partial charge in [-0.2, -0.15) is 0 Å². The Morgan fingerprint density at radius 3 is 2.50 bits per heavy atom. The van der Waals surface area contributed by atoms with E-state index in [9.17, 15) is 4.39 Å². The Hall–Kier alpha value is -1.13. The van der Waals surface area contributed by atoms with Crippen LogP contribution in [0.1, 0.15) is 32.4 Å². The third kappa shape index (κ3) is 4.63. The molecule has 0 aliphatic heterocycles. The molecule has 4 heteroatoms. The van der Waals surface area contributed by atoms with E-state index in [4.69, 9.17) is 9.47 Å². The Kier molecular flexibility index (Phi) is 6.09. The molecule has 1 aromatic rings. The first kappa shape index (κ1) is 14.9. The minimum atomic E-state index is -0.334. The molecule has 0 saturated carbocycles. The second-order valence-electron chi connectivity index (χ2n) is 4.47. The van der Waals surface area contributed by atoms with Gasteiger partial charge < -0.3 is 14.8 Å². The van der Waals surface area contributed by atoms with Gasteiger partial charge in [0.15, 0.2) is 11.6 Å². The van der Waals surface area contributed by atoms with Crippen molar-refractivity contribution in [2.75, 3.05) is 20.3 Å². The van der Waals surface area contributed by atoms with Gasteiger partial charge in [-0.1, -0.05) is 6.07 Å². The maximum absolute atomic E-state index is 13.7. The van der Waals surface area contributed by atoms with Crippen LogP contribution < -0.4 is 10.1 Å². The molecule has 0 fully saturated rings. The third-order valence-corrected chi connectivity index (χ3v) is 2.68. The first-order valence-corrected chi connectivity index (χ1v) is 6.25. The van der Waals surface area contributed by atoms with Crippen molar-refractivity contribution in [1.82, 2.24) is 5.32 Å².